The molecule has 0 fully saturated rings. The summed E-state index contributed by atoms with van der Waals surface area (Å²) in [5, 5.41) is 15.6. The molecular formula is C12H8N4O2S. The molecule has 0 aliphatic rings. The van der Waals surface area contributed by atoms with E-state index in [4.69, 9.17) is 5.26 Å². The number of carbonyl (C=O) groups is 2. The second-order valence-electron chi connectivity index (χ2n) is 3.40. The van der Waals surface area contributed by atoms with Gasteiger partial charge in [0.25, 0.3) is 0 Å². The molecule has 2 aromatic rings. The van der Waals surface area contributed by atoms with Crippen LogP contribution in [0.2, 0.25) is 0 Å². The lowest BCUT2D eigenvalue weighted by Crippen LogP contribution is -2.29. The molecule has 2 amide bonds. The summed E-state index contributed by atoms with van der Waals surface area (Å²) < 4.78 is 0. The predicted octanol–water partition coefficient (Wildman–Crippen LogP) is 1.59. The second-order valence-corrected chi connectivity index (χ2v) is 4.30. The van der Waals surface area contributed by atoms with Crippen molar-refractivity contribution in [1.29, 1.82) is 5.26 Å². The standard InChI is InChI=1S/C12H8N4O2S/c13-7-8-3-1-2-4-9(8)15-10(17)11(18)16-12-14-5-6-19-12/h1-6H,(H,15,17)(H,14,16,18). The Morgan fingerprint density at radius 2 is 1.95 bits per heavy atom. The summed E-state index contributed by atoms with van der Waals surface area (Å²) in [6, 6.07) is 8.36. The quantitative estimate of drug-likeness (QED) is 0.811. The van der Waals surface area contributed by atoms with Crippen LogP contribution in [-0.2, 0) is 9.59 Å². The minimum absolute atomic E-state index is 0.290. The van der Waals surface area contributed by atoms with Crippen LogP contribution in [0.15, 0.2) is 35.8 Å². The van der Waals surface area contributed by atoms with Crippen LogP contribution in [0.1, 0.15) is 5.56 Å². The van der Waals surface area contributed by atoms with Gasteiger partial charge in [-0.25, -0.2) is 4.98 Å². The number of anilines is 2. The highest BCUT2D eigenvalue weighted by Crippen LogP contribution is 2.14. The van der Waals surface area contributed by atoms with E-state index in [1.54, 1.807) is 29.6 Å². The summed E-state index contributed by atoms with van der Waals surface area (Å²) in [7, 11) is 0. The zero-order chi connectivity index (χ0) is 13.7. The molecule has 1 aromatic heterocycles. The van der Waals surface area contributed by atoms with E-state index in [0.29, 0.717) is 10.8 Å². The fourth-order valence-electron chi connectivity index (χ4n) is 1.31. The van der Waals surface area contributed by atoms with E-state index in [1.807, 2.05) is 6.07 Å². The number of nitriles is 1. The van der Waals surface area contributed by atoms with Crippen molar-refractivity contribution >= 4 is 34.0 Å². The van der Waals surface area contributed by atoms with Crippen molar-refractivity contribution in [1.82, 2.24) is 4.98 Å². The Labute approximate surface area is 112 Å². The number of carbonyl (C=O) groups excluding carboxylic acids is 2. The van der Waals surface area contributed by atoms with Crippen molar-refractivity contribution in [3.05, 3.63) is 41.4 Å². The van der Waals surface area contributed by atoms with Crippen LogP contribution >= 0.6 is 11.3 Å². The number of aromatic nitrogens is 1. The van der Waals surface area contributed by atoms with Crippen molar-refractivity contribution in [2.24, 2.45) is 0 Å². The zero-order valence-corrected chi connectivity index (χ0v) is 10.4. The Hall–Kier alpha value is -2.72. The van der Waals surface area contributed by atoms with Crippen LogP contribution in [-0.4, -0.2) is 16.8 Å². The van der Waals surface area contributed by atoms with E-state index < -0.39 is 11.8 Å². The molecule has 0 radical (unpaired) electrons. The van der Waals surface area contributed by atoms with Gasteiger partial charge in [0.05, 0.1) is 11.3 Å². The summed E-state index contributed by atoms with van der Waals surface area (Å²) in [6.07, 6.45) is 1.52. The van der Waals surface area contributed by atoms with Crippen molar-refractivity contribution < 1.29 is 9.59 Å². The van der Waals surface area contributed by atoms with Gasteiger partial charge in [0.1, 0.15) is 6.07 Å². The monoisotopic (exact) mass is 272 g/mol. The molecule has 6 nitrogen and oxygen atoms in total. The molecule has 2 rings (SSSR count). The highest BCUT2D eigenvalue weighted by Gasteiger charge is 2.16. The average Bonchev–Trinajstić information content (AvgIpc) is 2.92. The van der Waals surface area contributed by atoms with Crippen LogP contribution in [0.25, 0.3) is 0 Å². The fraction of sp³-hybridized carbons (Fsp3) is 0. The van der Waals surface area contributed by atoms with E-state index in [-0.39, 0.29) is 5.56 Å². The number of nitrogens with zero attached hydrogens (tertiary/aromatic N) is 2. The molecule has 0 saturated carbocycles. The first-order valence-electron chi connectivity index (χ1n) is 5.21. The Bertz CT molecular complexity index is 646. The minimum atomic E-state index is -0.849. The van der Waals surface area contributed by atoms with Gasteiger partial charge in [0.15, 0.2) is 5.13 Å². The van der Waals surface area contributed by atoms with Gasteiger partial charge >= 0.3 is 11.8 Å². The number of benzene rings is 1. The van der Waals surface area contributed by atoms with Crippen molar-refractivity contribution in [2.75, 3.05) is 10.6 Å². The van der Waals surface area contributed by atoms with Gasteiger partial charge < -0.3 is 5.32 Å². The van der Waals surface area contributed by atoms with Crippen molar-refractivity contribution in [2.45, 2.75) is 0 Å². The molecule has 0 unspecified atom stereocenters. The van der Waals surface area contributed by atoms with Gasteiger partial charge in [0.2, 0.25) is 0 Å². The lowest BCUT2D eigenvalue weighted by molar-refractivity contribution is -0.133. The highest BCUT2D eigenvalue weighted by atomic mass is 32.1. The molecule has 2 N–H and O–H groups in total. The maximum atomic E-state index is 11.7. The molecule has 0 atom stereocenters. The Morgan fingerprint density at radius 3 is 2.63 bits per heavy atom. The number of nitrogens with one attached hydrogen (secondary N) is 2. The topological polar surface area (TPSA) is 94.9 Å². The lowest BCUT2D eigenvalue weighted by atomic mass is 10.2. The van der Waals surface area contributed by atoms with Gasteiger partial charge in [-0.1, -0.05) is 12.1 Å². The van der Waals surface area contributed by atoms with Crippen LogP contribution < -0.4 is 10.6 Å². The van der Waals surface area contributed by atoms with Crippen molar-refractivity contribution in [3.63, 3.8) is 0 Å². The van der Waals surface area contributed by atoms with Gasteiger partial charge in [-0.15, -0.1) is 11.3 Å². The lowest BCUT2D eigenvalue weighted by Gasteiger charge is -2.05. The summed E-state index contributed by atoms with van der Waals surface area (Å²) in [5.41, 5.74) is 0.585. The Balaban J connectivity index is 2.05. The Morgan fingerprint density at radius 1 is 1.21 bits per heavy atom. The zero-order valence-electron chi connectivity index (χ0n) is 9.58. The molecule has 19 heavy (non-hydrogen) atoms. The van der Waals surface area contributed by atoms with Crippen LogP contribution in [0.3, 0.4) is 0 Å². The number of hydrogen-bond donors (Lipinski definition) is 2. The summed E-state index contributed by atoms with van der Waals surface area (Å²) in [4.78, 5) is 27.1. The molecule has 1 aromatic carbocycles. The number of thiazole rings is 1. The summed E-state index contributed by atoms with van der Waals surface area (Å²) in [5.74, 6) is -1.68. The molecule has 0 aliphatic heterocycles. The van der Waals surface area contributed by atoms with Crippen LogP contribution in [0.4, 0.5) is 10.8 Å². The predicted molar refractivity (Wildman–Crippen MR) is 70.5 cm³/mol. The first kappa shape index (κ1) is 12.7. The third-order valence-electron chi connectivity index (χ3n) is 2.15. The largest absolute Gasteiger partial charge is 0.317 e. The van der Waals surface area contributed by atoms with E-state index in [2.05, 4.69) is 15.6 Å². The van der Waals surface area contributed by atoms with Gasteiger partial charge in [-0.2, -0.15) is 5.26 Å². The van der Waals surface area contributed by atoms with Gasteiger partial charge in [-0.05, 0) is 12.1 Å². The normalized spacial score (nSPS) is 9.42. The molecule has 0 saturated heterocycles. The summed E-state index contributed by atoms with van der Waals surface area (Å²) in [6.45, 7) is 0. The van der Waals surface area contributed by atoms with Crippen LogP contribution in [0.5, 0.6) is 0 Å². The highest BCUT2D eigenvalue weighted by molar-refractivity contribution is 7.13. The molecule has 1 heterocycles. The smallest absolute Gasteiger partial charge is 0.315 e. The third kappa shape index (κ3) is 3.14. The fourth-order valence-corrected chi connectivity index (χ4v) is 1.83. The van der Waals surface area contributed by atoms with E-state index in [1.165, 1.54) is 17.5 Å². The van der Waals surface area contributed by atoms with E-state index in [0.717, 1.165) is 0 Å². The first-order chi connectivity index (χ1) is 9.20. The van der Waals surface area contributed by atoms with E-state index >= 15 is 0 Å². The van der Waals surface area contributed by atoms with Gasteiger partial charge in [0, 0.05) is 11.6 Å². The van der Waals surface area contributed by atoms with Crippen LogP contribution in [0, 0.1) is 11.3 Å². The van der Waals surface area contributed by atoms with E-state index in [9.17, 15) is 9.59 Å². The molecule has 7 heteroatoms. The number of amides is 2. The third-order valence-corrected chi connectivity index (χ3v) is 2.84. The molecule has 0 aliphatic carbocycles. The maximum Gasteiger partial charge on any atom is 0.315 e. The maximum absolute atomic E-state index is 11.7. The SMILES string of the molecule is N#Cc1ccccc1NC(=O)C(=O)Nc1nccs1. The average molecular weight is 272 g/mol. The van der Waals surface area contributed by atoms with Crippen molar-refractivity contribution in [3.8, 4) is 6.07 Å². The minimum Gasteiger partial charge on any atom is -0.317 e. The molecule has 0 spiro atoms. The molecule has 0 bridgehead atoms. The van der Waals surface area contributed by atoms with Gasteiger partial charge in [-0.3, -0.25) is 14.9 Å². The number of rotatable bonds is 2. The molecular weight excluding hydrogens is 264 g/mol. The summed E-state index contributed by atoms with van der Waals surface area (Å²) >= 11 is 1.21. The number of hydrogen-bond acceptors (Lipinski definition) is 5. The Kier molecular flexibility index (Phi) is 3.85. The second kappa shape index (κ2) is 5.75. The number of para-hydroxylation sites is 1. The first-order valence-corrected chi connectivity index (χ1v) is 6.09. The molecule has 94 valence electrons.